The lowest BCUT2D eigenvalue weighted by atomic mass is 9.85. The zero-order valence-corrected chi connectivity index (χ0v) is 12.3. The molecule has 0 saturated heterocycles. The molecule has 0 amide bonds. The second kappa shape index (κ2) is 6.16. The van der Waals surface area contributed by atoms with Gasteiger partial charge in [-0.1, -0.05) is 27.7 Å². The van der Waals surface area contributed by atoms with Gasteiger partial charge >= 0.3 is 0 Å². The van der Waals surface area contributed by atoms with E-state index in [1.807, 2.05) is 33.8 Å². The highest BCUT2D eigenvalue weighted by atomic mass is 35.5. The minimum Gasteiger partial charge on any atom is -0.281 e. The van der Waals surface area contributed by atoms with E-state index in [0.29, 0.717) is 11.1 Å². The van der Waals surface area contributed by atoms with Crippen LogP contribution in [0.4, 0.5) is 4.39 Å². The summed E-state index contributed by atoms with van der Waals surface area (Å²) >= 11 is 5.47. The van der Waals surface area contributed by atoms with Crippen molar-refractivity contribution in [2.24, 2.45) is 0 Å². The number of carbonyl (C=O) groups is 1. The van der Waals surface area contributed by atoms with Gasteiger partial charge in [-0.3, -0.25) is 4.79 Å². The summed E-state index contributed by atoms with van der Waals surface area (Å²) in [4.78, 5) is 11.2. The number of halogens is 2. The lowest BCUT2D eigenvalue weighted by Crippen LogP contribution is -2.11. The Morgan fingerprint density at radius 2 is 1.95 bits per heavy atom. The normalized spacial score (nSPS) is 10.9. The zero-order chi connectivity index (χ0) is 14.7. The SMILES string of the molecule is CC(C)c1cc(C#N)c(F)c(C(C)C)c1CC(=O)Cl. The third-order valence-electron chi connectivity index (χ3n) is 3.08. The predicted octanol–water partition coefficient (Wildman–Crippen LogP) is 4.25. The van der Waals surface area contributed by atoms with Gasteiger partial charge in [0.25, 0.3) is 0 Å². The van der Waals surface area contributed by atoms with Crippen LogP contribution in [-0.4, -0.2) is 5.24 Å². The maximum atomic E-state index is 14.3. The molecule has 0 atom stereocenters. The number of carbonyl (C=O) groups excluding carboxylic acids is 1. The number of benzene rings is 1. The van der Waals surface area contributed by atoms with Gasteiger partial charge in [0.2, 0.25) is 5.24 Å². The summed E-state index contributed by atoms with van der Waals surface area (Å²) in [6, 6.07) is 3.40. The van der Waals surface area contributed by atoms with Crippen LogP contribution in [0.5, 0.6) is 0 Å². The first-order chi connectivity index (χ1) is 8.79. The number of hydrogen-bond donors (Lipinski definition) is 0. The minimum atomic E-state index is -0.533. The number of hydrogen-bond acceptors (Lipinski definition) is 2. The number of rotatable bonds is 4. The molecule has 4 heteroatoms. The summed E-state index contributed by atoms with van der Waals surface area (Å²) in [6.45, 7) is 7.57. The third kappa shape index (κ3) is 3.33. The summed E-state index contributed by atoms with van der Waals surface area (Å²) < 4.78 is 14.3. The van der Waals surface area contributed by atoms with Crippen LogP contribution in [0.25, 0.3) is 0 Å². The molecule has 0 bridgehead atoms. The Labute approximate surface area is 118 Å². The quantitative estimate of drug-likeness (QED) is 0.774. The number of nitrogens with zero attached hydrogens (tertiary/aromatic N) is 1. The minimum absolute atomic E-state index is 0.00872. The predicted molar refractivity (Wildman–Crippen MR) is 73.9 cm³/mol. The molecule has 2 nitrogen and oxygen atoms in total. The molecule has 1 rings (SSSR count). The van der Waals surface area contributed by atoms with Crippen molar-refractivity contribution in [3.8, 4) is 6.07 Å². The average Bonchev–Trinajstić information content (AvgIpc) is 2.27. The molecule has 0 aliphatic heterocycles. The van der Waals surface area contributed by atoms with Gasteiger partial charge < -0.3 is 0 Å². The third-order valence-corrected chi connectivity index (χ3v) is 3.22. The first-order valence-electron chi connectivity index (χ1n) is 6.23. The van der Waals surface area contributed by atoms with Crippen molar-refractivity contribution in [1.82, 2.24) is 0 Å². The molecule has 0 unspecified atom stereocenters. The molecule has 0 radical (unpaired) electrons. The number of nitriles is 1. The Hall–Kier alpha value is -1.40. The lowest BCUT2D eigenvalue weighted by molar-refractivity contribution is -0.111. The zero-order valence-electron chi connectivity index (χ0n) is 11.6. The van der Waals surface area contributed by atoms with E-state index in [0.717, 1.165) is 5.56 Å². The van der Waals surface area contributed by atoms with Gasteiger partial charge in [-0.05, 0) is 46.2 Å². The fourth-order valence-corrected chi connectivity index (χ4v) is 2.41. The summed E-state index contributed by atoms with van der Waals surface area (Å²) in [5.74, 6) is -0.553. The van der Waals surface area contributed by atoms with Crippen LogP contribution in [0, 0.1) is 17.1 Å². The summed E-state index contributed by atoms with van der Waals surface area (Å²) in [6.07, 6.45) is -0.00872. The van der Waals surface area contributed by atoms with Crippen molar-refractivity contribution in [2.75, 3.05) is 0 Å². The topological polar surface area (TPSA) is 40.9 Å². The van der Waals surface area contributed by atoms with Gasteiger partial charge in [0.15, 0.2) is 0 Å². The molecule has 1 aromatic rings. The van der Waals surface area contributed by atoms with Crippen LogP contribution in [0.3, 0.4) is 0 Å². The van der Waals surface area contributed by atoms with Crippen LogP contribution in [0.2, 0.25) is 0 Å². The van der Waals surface area contributed by atoms with Gasteiger partial charge in [0.1, 0.15) is 11.9 Å². The molecule has 1 aromatic carbocycles. The Morgan fingerprint density at radius 3 is 2.32 bits per heavy atom. The van der Waals surface area contributed by atoms with Gasteiger partial charge in [0, 0.05) is 6.42 Å². The van der Waals surface area contributed by atoms with Gasteiger partial charge in [-0.25, -0.2) is 4.39 Å². The van der Waals surface area contributed by atoms with Crippen molar-refractivity contribution in [2.45, 2.75) is 46.0 Å². The van der Waals surface area contributed by atoms with E-state index in [4.69, 9.17) is 16.9 Å². The molecule has 0 saturated carbocycles. The molecule has 0 aliphatic rings. The molecule has 0 fully saturated rings. The Balaban J connectivity index is 3.68. The Kier molecular flexibility index (Phi) is 5.08. The molecule has 0 spiro atoms. The van der Waals surface area contributed by atoms with Crippen LogP contribution in [-0.2, 0) is 11.2 Å². The molecular formula is C15H17ClFNO. The fraction of sp³-hybridized carbons (Fsp3) is 0.467. The maximum absolute atomic E-state index is 14.3. The molecule has 0 aromatic heterocycles. The second-order valence-corrected chi connectivity index (χ2v) is 5.59. The summed E-state index contributed by atoms with van der Waals surface area (Å²) in [5.41, 5.74) is 1.90. The van der Waals surface area contributed by atoms with E-state index >= 15 is 0 Å². The monoisotopic (exact) mass is 281 g/mol. The van der Waals surface area contributed by atoms with Crippen molar-refractivity contribution in [1.29, 1.82) is 5.26 Å². The van der Waals surface area contributed by atoms with Crippen LogP contribution >= 0.6 is 11.6 Å². The standard InChI is InChI=1S/C15H17ClFNO/c1-8(2)11-5-10(7-18)15(17)14(9(3)4)12(11)6-13(16)19/h5,8-9H,6H2,1-4H3. The van der Waals surface area contributed by atoms with Gasteiger partial charge in [0.05, 0.1) is 5.56 Å². The lowest BCUT2D eigenvalue weighted by Gasteiger charge is -2.20. The van der Waals surface area contributed by atoms with Crippen molar-refractivity contribution >= 4 is 16.8 Å². The summed E-state index contributed by atoms with van der Waals surface area (Å²) in [7, 11) is 0. The molecule has 19 heavy (non-hydrogen) atoms. The first kappa shape index (κ1) is 15.7. The van der Waals surface area contributed by atoms with Crippen molar-refractivity contribution < 1.29 is 9.18 Å². The molecule has 0 heterocycles. The first-order valence-corrected chi connectivity index (χ1v) is 6.60. The molecule has 102 valence electrons. The van der Waals surface area contributed by atoms with Crippen LogP contribution in [0.15, 0.2) is 6.07 Å². The highest BCUT2D eigenvalue weighted by Gasteiger charge is 2.22. The Bertz CT molecular complexity index is 544. The van der Waals surface area contributed by atoms with Gasteiger partial charge in [-0.2, -0.15) is 5.26 Å². The average molecular weight is 282 g/mol. The summed E-state index contributed by atoms with van der Waals surface area (Å²) in [5, 5.41) is 8.50. The molecule has 0 aliphatic carbocycles. The van der Waals surface area contributed by atoms with E-state index in [2.05, 4.69) is 0 Å². The Morgan fingerprint density at radius 1 is 1.37 bits per heavy atom. The molecule has 0 N–H and O–H groups in total. The highest BCUT2D eigenvalue weighted by molar-refractivity contribution is 6.63. The molecular weight excluding hydrogens is 265 g/mol. The van der Waals surface area contributed by atoms with Crippen molar-refractivity contribution in [3.05, 3.63) is 34.1 Å². The van der Waals surface area contributed by atoms with Crippen molar-refractivity contribution in [3.63, 3.8) is 0 Å². The highest BCUT2D eigenvalue weighted by Crippen LogP contribution is 2.32. The second-order valence-electron chi connectivity index (χ2n) is 5.17. The van der Waals surface area contributed by atoms with E-state index in [-0.39, 0.29) is 23.8 Å². The van der Waals surface area contributed by atoms with Crippen LogP contribution < -0.4 is 0 Å². The van der Waals surface area contributed by atoms with E-state index in [1.54, 1.807) is 0 Å². The van der Waals surface area contributed by atoms with Gasteiger partial charge in [-0.15, -0.1) is 0 Å². The van der Waals surface area contributed by atoms with E-state index in [9.17, 15) is 9.18 Å². The van der Waals surface area contributed by atoms with E-state index < -0.39 is 11.1 Å². The fourth-order valence-electron chi connectivity index (χ4n) is 2.27. The largest absolute Gasteiger partial charge is 0.281 e. The van der Waals surface area contributed by atoms with Crippen LogP contribution in [0.1, 0.15) is 61.8 Å². The maximum Gasteiger partial charge on any atom is 0.226 e. The smallest absolute Gasteiger partial charge is 0.226 e. The van der Waals surface area contributed by atoms with E-state index in [1.165, 1.54) is 6.07 Å².